The summed E-state index contributed by atoms with van der Waals surface area (Å²) in [4.78, 5) is 16.1. The molecule has 2 rings (SSSR count). The summed E-state index contributed by atoms with van der Waals surface area (Å²) in [7, 11) is 0. The first-order chi connectivity index (χ1) is 9.77. The molecule has 0 radical (unpaired) electrons. The Kier molecular flexibility index (Phi) is 4.32. The number of pyridine rings is 1. The summed E-state index contributed by atoms with van der Waals surface area (Å²) in [6.07, 6.45) is -4.48. The Labute approximate surface area is 127 Å². The number of hydrogen-bond donors (Lipinski definition) is 1. The largest absolute Gasteiger partial charge is 0.416 e. The maximum absolute atomic E-state index is 12.6. The molecule has 0 saturated heterocycles. The predicted octanol–water partition coefficient (Wildman–Crippen LogP) is 4.42. The molecule has 2 aromatic rings. The Morgan fingerprint density at radius 1 is 1.24 bits per heavy atom. The molecule has 1 N–H and O–H groups in total. The van der Waals surface area contributed by atoms with Crippen molar-refractivity contribution in [2.75, 3.05) is 5.32 Å². The van der Waals surface area contributed by atoms with Crippen LogP contribution in [0, 0.1) is 6.92 Å². The van der Waals surface area contributed by atoms with Crippen LogP contribution in [0.5, 0.6) is 0 Å². The number of carbonyl (C=O) groups is 1. The van der Waals surface area contributed by atoms with Crippen molar-refractivity contribution in [3.63, 3.8) is 0 Å². The highest BCUT2D eigenvalue weighted by Crippen LogP contribution is 2.29. The maximum atomic E-state index is 12.6. The van der Waals surface area contributed by atoms with Gasteiger partial charge in [0.2, 0.25) is 0 Å². The number of aromatic nitrogens is 1. The highest BCUT2D eigenvalue weighted by molar-refractivity contribution is 9.10. The average molecular weight is 359 g/mol. The molecular formula is C14H10BrF3N2O. The van der Waals surface area contributed by atoms with Crippen LogP contribution in [0.4, 0.5) is 18.9 Å². The lowest BCUT2D eigenvalue weighted by Crippen LogP contribution is -2.15. The van der Waals surface area contributed by atoms with Gasteiger partial charge in [0.15, 0.2) is 0 Å². The van der Waals surface area contributed by atoms with Crippen molar-refractivity contribution < 1.29 is 18.0 Å². The molecule has 0 spiro atoms. The Bertz CT molecular complexity index is 686. The van der Waals surface area contributed by atoms with Crippen LogP contribution in [-0.2, 0) is 6.18 Å². The molecule has 0 aliphatic rings. The molecule has 0 fully saturated rings. The fourth-order valence-electron chi connectivity index (χ4n) is 1.69. The molecule has 1 aromatic heterocycles. The smallest absolute Gasteiger partial charge is 0.320 e. The zero-order valence-corrected chi connectivity index (χ0v) is 12.4. The van der Waals surface area contributed by atoms with Crippen LogP contribution < -0.4 is 5.32 Å². The molecule has 0 atom stereocenters. The van der Waals surface area contributed by atoms with Gasteiger partial charge in [0.1, 0.15) is 4.60 Å². The van der Waals surface area contributed by atoms with Gasteiger partial charge in [-0.05, 0) is 53.2 Å². The standard InChI is InChI=1S/C14H10BrF3N2O/c1-8-11(5-6-12(15)19-8)20-13(21)9-3-2-4-10(7-9)14(16,17)18/h2-7H,1H3,(H,20,21). The number of rotatable bonds is 2. The van der Waals surface area contributed by atoms with Gasteiger partial charge in [0.05, 0.1) is 16.9 Å². The quantitative estimate of drug-likeness (QED) is 0.807. The minimum absolute atomic E-state index is 0.0628. The van der Waals surface area contributed by atoms with Crippen molar-refractivity contribution in [3.8, 4) is 0 Å². The lowest BCUT2D eigenvalue weighted by Gasteiger charge is -2.10. The van der Waals surface area contributed by atoms with Crippen LogP contribution in [-0.4, -0.2) is 10.9 Å². The molecule has 7 heteroatoms. The number of hydrogen-bond acceptors (Lipinski definition) is 2. The molecule has 1 aromatic carbocycles. The van der Waals surface area contributed by atoms with Crippen LogP contribution >= 0.6 is 15.9 Å². The average Bonchev–Trinajstić information content (AvgIpc) is 2.41. The number of alkyl halides is 3. The Hall–Kier alpha value is -1.89. The number of nitrogens with one attached hydrogen (secondary N) is 1. The summed E-state index contributed by atoms with van der Waals surface area (Å²) in [5.41, 5.74) is 0.0817. The van der Waals surface area contributed by atoms with Gasteiger partial charge in [-0.25, -0.2) is 4.98 Å². The topological polar surface area (TPSA) is 42.0 Å². The van der Waals surface area contributed by atoms with Gasteiger partial charge in [-0.2, -0.15) is 13.2 Å². The van der Waals surface area contributed by atoms with E-state index in [1.165, 1.54) is 12.1 Å². The second-order valence-corrected chi connectivity index (χ2v) is 5.11. The monoisotopic (exact) mass is 358 g/mol. The fourth-order valence-corrected chi connectivity index (χ4v) is 2.09. The summed E-state index contributed by atoms with van der Waals surface area (Å²) < 4.78 is 38.5. The van der Waals surface area contributed by atoms with E-state index in [1.807, 2.05) is 0 Å². The Balaban J connectivity index is 2.25. The van der Waals surface area contributed by atoms with E-state index in [-0.39, 0.29) is 5.56 Å². The first-order valence-electron chi connectivity index (χ1n) is 5.89. The lowest BCUT2D eigenvalue weighted by molar-refractivity contribution is -0.137. The van der Waals surface area contributed by atoms with Gasteiger partial charge >= 0.3 is 6.18 Å². The molecule has 110 valence electrons. The van der Waals surface area contributed by atoms with Crippen molar-refractivity contribution in [3.05, 3.63) is 57.8 Å². The number of nitrogens with zero attached hydrogens (tertiary/aromatic N) is 1. The number of benzene rings is 1. The highest BCUT2D eigenvalue weighted by Gasteiger charge is 2.30. The second-order valence-electron chi connectivity index (χ2n) is 4.30. The van der Waals surface area contributed by atoms with Gasteiger partial charge in [0.25, 0.3) is 5.91 Å². The van der Waals surface area contributed by atoms with Gasteiger partial charge in [-0.15, -0.1) is 0 Å². The van der Waals surface area contributed by atoms with Crippen LogP contribution in [0.25, 0.3) is 0 Å². The third-order valence-electron chi connectivity index (χ3n) is 2.75. The van der Waals surface area contributed by atoms with Crippen molar-refractivity contribution in [2.24, 2.45) is 0 Å². The molecule has 0 saturated carbocycles. The van der Waals surface area contributed by atoms with E-state index in [2.05, 4.69) is 26.2 Å². The van der Waals surface area contributed by atoms with Gasteiger partial charge < -0.3 is 5.32 Å². The highest BCUT2D eigenvalue weighted by atomic mass is 79.9. The summed E-state index contributed by atoms with van der Waals surface area (Å²) in [6.45, 7) is 1.69. The maximum Gasteiger partial charge on any atom is 0.416 e. The molecular weight excluding hydrogens is 349 g/mol. The first kappa shape index (κ1) is 15.5. The predicted molar refractivity (Wildman–Crippen MR) is 76.1 cm³/mol. The van der Waals surface area contributed by atoms with Crippen LogP contribution in [0.1, 0.15) is 21.6 Å². The summed E-state index contributed by atoms with van der Waals surface area (Å²) in [6, 6.07) is 7.52. The second kappa shape index (κ2) is 5.85. The molecule has 0 unspecified atom stereocenters. The Morgan fingerprint density at radius 2 is 1.95 bits per heavy atom. The molecule has 1 heterocycles. The van der Waals surface area contributed by atoms with Crippen molar-refractivity contribution in [1.82, 2.24) is 4.98 Å². The van der Waals surface area contributed by atoms with E-state index in [0.29, 0.717) is 16.0 Å². The zero-order chi connectivity index (χ0) is 15.6. The molecule has 0 bridgehead atoms. The zero-order valence-electron chi connectivity index (χ0n) is 10.8. The van der Waals surface area contributed by atoms with Crippen LogP contribution in [0.3, 0.4) is 0 Å². The van der Waals surface area contributed by atoms with E-state index < -0.39 is 17.6 Å². The molecule has 0 aliphatic carbocycles. The number of aryl methyl sites for hydroxylation is 1. The Morgan fingerprint density at radius 3 is 2.57 bits per heavy atom. The minimum Gasteiger partial charge on any atom is -0.320 e. The van der Waals surface area contributed by atoms with Crippen LogP contribution in [0.15, 0.2) is 41.0 Å². The normalized spacial score (nSPS) is 11.3. The van der Waals surface area contributed by atoms with E-state index in [9.17, 15) is 18.0 Å². The molecule has 1 amide bonds. The first-order valence-corrected chi connectivity index (χ1v) is 6.68. The third kappa shape index (κ3) is 3.81. The van der Waals surface area contributed by atoms with E-state index in [0.717, 1.165) is 12.1 Å². The van der Waals surface area contributed by atoms with Crippen molar-refractivity contribution in [2.45, 2.75) is 13.1 Å². The fraction of sp³-hybridized carbons (Fsp3) is 0.143. The van der Waals surface area contributed by atoms with Gasteiger partial charge in [-0.3, -0.25) is 4.79 Å². The SMILES string of the molecule is Cc1nc(Br)ccc1NC(=O)c1cccc(C(F)(F)F)c1. The third-order valence-corrected chi connectivity index (χ3v) is 3.19. The number of carbonyl (C=O) groups excluding carboxylic acids is 1. The molecule has 21 heavy (non-hydrogen) atoms. The molecule has 3 nitrogen and oxygen atoms in total. The van der Waals surface area contributed by atoms with Crippen molar-refractivity contribution in [1.29, 1.82) is 0 Å². The van der Waals surface area contributed by atoms with Crippen LogP contribution in [0.2, 0.25) is 0 Å². The lowest BCUT2D eigenvalue weighted by atomic mass is 10.1. The van der Waals surface area contributed by atoms with Gasteiger partial charge in [0, 0.05) is 5.56 Å². The molecule has 0 aliphatic heterocycles. The summed E-state index contributed by atoms with van der Waals surface area (Å²) >= 11 is 3.19. The number of halogens is 4. The van der Waals surface area contributed by atoms with Crippen molar-refractivity contribution >= 4 is 27.5 Å². The van der Waals surface area contributed by atoms with E-state index >= 15 is 0 Å². The summed E-state index contributed by atoms with van der Waals surface area (Å²) in [5.74, 6) is -0.617. The van der Waals surface area contributed by atoms with Gasteiger partial charge in [-0.1, -0.05) is 6.07 Å². The van der Waals surface area contributed by atoms with E-state index in [4.69, 9.17) is 0 Å². The minimum atomic E-state index is -4.48. The number of amides is 1. The van der Waals surface area contributed by atoms with E-state index in [1.54, 1.807) is 19.1 Å². The number of anilines is 1. The summed E-state index contributed by atoms with van der Waals surface area (Å²) in [5, 5.41) is 2.54.